The van der Waals surface area contributed by atoms with E-state index in [-0.39, 0.29) is 0 Å². The van der Waals surface area contributed by atoms with Gasteiger partial charge in [0.1, 0.15) is 10.5 Å². The van der Waals surface area contributed by atoms with Gasteiger partial charge in [0.15, 0.2) is 0 Å². The second-order valence-electron chi connectivity index (χ2n) is 2.49. The SMILES string of the molecule is C[Si](Cl)(O[SiH3])c1ccccc1. The fourth-order valence-corrected chi connectivity index (χ4v) is 2.96. The number of hydrogen-bond acceptors (Lipinski definition) is 1. The minimum atomic E-state index is -2.02. The highest BCUT2D eigenvalue weighted by atomic mass is 35.6. The Kier molecular flexibility index (Phi) is 2.89. The summed E-state index contributed by atoms with van der Waals surface area (Å²) >= 11 is 6.20. The Hall–Kier alpha value is -0.0962. The van der Waals surface area contributed by atoms with Crippen molar-refractivity contribution in [1.82, 2.24) is 0 Å². The van der Waals surface area contributed by atoms with Gasteiger partial charge in [0.05, 0.1) is 0 Å². The molecule has 0 aliphatic rings. The lowest BCUT2D eigenvalue weighted by molar-refractivity contribution is 0.645. The molecular weight excluding hydrogens is 192 g/mol. The molecule has 0 saturated heterocycles. The van der Waals surface area contributed by atoms with Gasteiger partial charge in [0.2, 0.25) is 0 Å². The molecule has 0 aliphatic heterocycles. The summed E-state index contributed by atoms with van der Waals surface area (Å²) in [5.41, 5.74) is 0. The smallest absolute Gasteiger partial charge is 0.308 e. The van der Waals surface area contributed by atoms with E-state index in [1.54, 1.807) is 0 Å². The predicted octanol–water partition coefficient (Wildman–Crippen LogP) is 0.501. The maximum Gasteiger partial charge on any atom is 0.308 e. The predicted molar refractivity (Wildman–Crippen MR) is 54.6 cm³/mol. The lowest BCUT2D eigenvalue weighted by atomic mass is 10.4. The maximum atomic E-state index is 6.20. The molecule has 0 radical (unpaired) electrons. The van der Waals surface area contributed by atoms with E-state index in [2.05, 4.69) is 0 Å². The molecule has 0 fully saturated rings. The zero-order valence-corrected chi connectivity index (χ0v) is 10.4. The van der Waals surface area contributed by atoms with Gasteiger partial charge in [-0.25, -0.2) is 0 Å². The van der Waals surface area contributed by atoms with E-state index in [9.17, 15) is 0 Å². The first kappa shape index (κ1) is 9.00. The molecule has 0 aliphatic carbocycles. The van der Waals surface area contributed by atoms with Crippen molar-refractivity contribution < 1.29 is 4.12 Å². The lowest BCUT2D eigenvalue weighted by Gasteiger charge is -2.17. The topological polar surface area (TPSA) is 9.23 Å². The van der Waals surface area contributed by atoms with Gasteiger partial charge < -0.3 is 4.12 Å². The van der Waals surface area contributed by atoms with Crippen LogP contribution in [0.25, 0.3) is 0 Å². The van der Waals surface area contributed by atoms with Crippen LogP contribution in [-0.4, -0.2) is 18.1 Å². The summed E-state index contributed by atoms with van der Waals surface area (Å²) in [6.07, 6.45) is 0. The van der Waals surface area contributed by atoms with Crippen molar-refractivity contribution in [2.24, 2.45) is 0 Å². The molecule has 1 aromatic carbocycles. The van der Waals surface area contributed by atoms with Gasteiger partial charge in [-0.15, -0.1) is 11.1 Å². The van der Waals surface area contributed by atoms with Crippen molar-refractivity contribution in [3.8, 4) is 0 Å². The third-order valence-corrected chi connectivity index (χ3v) is 8.15. The highest BCUT2D eigenvalue weighted by Gasteiger charge is 2.25. The van der Waals surface area contributed by atoms with E-state index < -0.39 is 7.63 Å². The average Bonchev–Trinajstić information content (AvgIpc) is 2.06. The molecule has 11 heavy (non-hydrogen) atoms. The van der Waals surface area contributed by atoms with E-state index in [0.717, 1.165) is 5.19 Å². The van der Waals surface area contributed by atoms with Crippen LogP contribution in [-0.2, 0) is 4.12 Å². The van der Waals surface area contributed by atoms with Crippen molar-refractivity contribution in [3.63, 3.8) is 0 Å². The average molecular weight is 203 g/mol. The largest absolute Gasteiger partial charge is 0.450 e. The van der Waals surface area contributed by atoms with Crippen molar-refractivity contribution >= 4 is 34.4 Å². The first-order valence-electron chi connectivity index (χ1n) is 3.46. The molecule has 0 aromatic heterocycles. The van der Waals surface area contributed by atoms with Crippen molar-refractivity contribution in [1.29, 1.82) is 0 Å². The van der Waals surface area contributed by atoms with Crippen LogP contribution in [0, 0.1) is 0 Å². The Balaban J connectivity index is 2.93. The molecule has 0 saturated carbocycles. The van der Waals surface area contributed by atoms with Crippen molar-refractivity contribution in [3.05, 3.63) is 30.3 Å². The monoisotopic (exact) mass is 202 g/mol. The Morgan fingerprint density at radius 1 is 1.36 bits per heavy atom. The molecule has 1 aromatic rings. The van der Waals surface area contributed by atoms with Crippen LogP contribution in [0.15, 0.2) is 30.3 Å². The minimum absolute atomic E-state index is 0.712. The van der Waals surface area contributed by atoms with E-state index in [1.807, 2.05) is 36.9 Å². The molecule has 0 amide bonds. The molecule has 4 heteroatoms. The molecule has 0 heterocycles. The first-order valence-corrected chi connectivity index (χ1v) is 7.70. The fraction of sp³-hybridized carbons (Fsp3) is 0.143. The van der Waals surface area contributed by atoms with E-state index in [1.165, 1.54) is 0 Å². The summed E-state index contributed by atoms with van der Waals surface area (Å²) < 4.78 is 5.37. The highest BCUT2D eigenvalue weighted by Crippen LogP contribution is 2.08. The quantitative estimate of drug-likeness (QED) is 0.502. The van der Waals surface area contributed by atoms with Gasteiger partial charge in [-0.3, -0.25) is 0 Å². The molecule has 1 nitrogen and oxygen atoms in total. The fourth-order valence-electron chi connectivity index (χ4n) is 0.854. The minimum Gasteiger partial charge on any atom is -0.450 e. The van der Waals surface area contributed by atoms with Crippen LogP contribution in [0.5, 0.6) is 0 Å². The molecule has 1 rings (SSSR count). The lowest BCUT2D eigenvalue weighted by Crippen LogP contribution is -2.41. The molecule has 60 valence electrons. The second kappa shape index (κ2) is 3.53. The standard InChI is InChI=1S/C7H11ClOSi2/c1-11(8,9-10)7-5-3-2-4-6-7/h2-6H,1,10H3. The number of benzene rings is 1. The van der Waals surface area contributed by atoms with Crippen LogP contribution in [0.3, 0.4) is 0 Å². The third kappa shape index (κ3) is 2.17. The van der Waals surface area contributed by atoms with E-state index >= 15 is 0 Å². The van der Waals surface area contributed by atoms with Gasteiger partial charge >= 0.3 is 7.63 Å². The van der Waals surface area contributed by atoms with Crippen LogP contribution in [0.2, 0.25) is 6.55 Å². The number of hydrogen-bond donors (Lipinski definition) is 0. The number of rotatable bonds is 2. The van der Waals surface area contributed by atoms with Crippen LogP contribution in [0.1, 0.15) is 0 Å². The molecule has 0 spiro atoms. The van der Waals surface area contributed by atoms with Crippen LogP contribution < -0.4 is 5.19 Å². The third-order valence-electron chi connectivity index (χ3n) is 1.67. The first-order chi connectivity index (χ1) is 5.17. The zero-order valence-electron chi connectivity index (χ0n) is 6.67. The van der Waals surface area contributed by atoms with Gasteiger partial charge in [-0.1, -0.05) is 30.3 Å². The van der Waals surface area contributed by atoms with Gasteiger partial charge in [-0.2, -0.15) is 0 Å². The number of halogens is 1. The van der Waals surface area contributed by atoms with E-state index in [0.29, 0.717) is 10.5 Å². The summed E-state index contributed by atoms with van der Waals surface area (Å²) in [5, 5.41) is 1.15. The van der Waals surface area contributed by atoms with Crippen molar-refractivity contribution in [2.45, 2.75) is 6.55 Å². The van der Waals surface area contributed by atoms with Crippen LogP contribution in [0.4, 0.5) is 0 Å². The molecule has 0 N–H and O–H groups in total. The Morgan fingerprint density at radius 3 is 2.36 bits per heavy atom. The summed E-state index contributed by atoms with van der Waals surface area (Å²) in [6.45, 7) is 2.00. The molecule has 1 atom stereocenters. The van der Waals surface area contributed by atoms with Crippen LogP contribution >= 0.6 is 11.1 Å². The second-order valence-corrected chi connectivity index (χ2v) is 8.69. The van der Waals surface area contributed by atoms with Crippen molar-refractivity contribution in [2.75, 3.05) is 0 Å². The van der Waals surface area contributed by atoms with E-state index in [4.69, 9.17) is 15.2 Å². The van der Waals surface area contributed by atoms with Gasteiger partial charge in [0, 0.05) is 0 Å². The van der Waals surface area contributed by atoms with Gasteiger partial charge in [-0.05, 0) is 11.7 Å². The Labute approximate surface area is 75.7 Å². The maximum absolute atomic E-state index is 6.20. The zero-order chi connectivity index (χ0) is 8.32. The summed E-state index contributed by atoms with van der Waals surface area (Å²) in [4.78, 5) is 0. The summed E-state index contributed by atoms with van der Waals surface area (Å²) in [7, 11) is -1.31. The summed E-state index contributed by atoms with van der Waals surface area (Å²) in [5.74, 6) is 0. The molecule has 0 bridgehead atoms. The highest BCUT2D eigenvalue weighted by molar-refractivity contribution is 7.24. The Morgan fingerprint density at radius 2 is 1.91 bits per heavy atom. The Bertz CT molecular complexity index is 225. The summed E-state index contributed by atoms with van der Waals surface area (Å²) in [6, 6.07) is 10.0. The van der Waals surface area contributed by atoms with Gasteiger partial charge in [0.25, 0.3) is 0 Å². The normalized spacial score (nSPS) is 16.2. The molecule has 1 unspecified atom stereocenters. The molecular formula is C7H11ClOSi2.